The van der Waals surface area contributed by atoms with Crippen molar-refractivity contribution in [1.29, 1.82) is 0 Å². The summed E-state index contributed by atoms with van der Waals surface area (Å²) in [5.41, 5.74) is 2.06. The first-order chi connectivity index (χ1) is 9.65. The number of furan rings is 1. The Labute approximate surface area is 115 Å². The summed E-state index contributed by atoms with van der Waals surface area (Å²) >= 11 is 0. The van der Waals surface area contributed by atoms with E-state index in [9.17, 15) is 4.79 Å². The van der Waals surface area contributed by atoms with E-state index in [1.54, 1.807) is 30.5 Å². The Hall–Kier alpha value is -2.63. The van der Waals surface area contributed by atoms with Crippen molar-refractivity contribution in [3.05, 3.63) is 47.7 Å². The quantitative estimate of drug-likeness (QED) is 0.791. The molecule has 102 valence electrons. The predicted octanol–water partition coefficient (Wildman–Crippen LogP) is 2.13. The molecule has 0 saturated heterocycles. The van der Waals surface area contributed by atoms with E-state index in [1.165, 1.54) is 0 Å². The third kappa shape index (κ3) is 2.16. The lowest BCUT2D eigenvalue weighted by atomic mass is 10.2. The Bertz CT molecular complexity index is 746. The lowest BCUT2D eigenvalue weighted by Gasteiger charge is -2.15. The lowest BCUT2D eigenvalue weighted by molar-refractivity contribution is 0.0775. The average molecular weight is 270 g/mol. The van der Waals surface area contributed by atoms with Crippen molar-refractivity contribution < 1.29 is 9.21 Å². The second kappa shape index (κ2) is 4.80. The van der Waals surface area contributed by atoms with Gasteiger partial charge in [0.1, 0.15) is 5.76 Å². The fourth-order valence-electron chi connectivity index (χ4n) is 2.07. The summed E-state index contributed by atoms with van der Waals surface area (Å²) in [4.78, 5) is 18.1. The van der Waals surface area contributed by atoms with Crippen molar-refractivity contribution in [3.8, 4) is 0 Å². The Morgan fingerprint density at radius 1 is 1.50 bits per heavy atom. The molecule has 0 aliphatic rings. The minimum absolute atomic E-state index is 0.101. The second-order valence-electron chi connectivity index (χ2n) is 4.68. The van der Waals surface area contributed by atoms with Crippen LogP contribution in [0.1, 0.15) is 21.8 Å². The van der Waals surface area contributed by atoms with Gasteiger partial charge in [0.2, 0.25) is 0 Å². The maximum absolute atomic E-state index is 12.4. The largest absolute Gasteiger partial charge is 0.467 e. The van der Waals surface area contributed by atoms with Crippen LogP contribution >= 0.6 is 0 Å². The molecule has 0 aliphatic heterocycles. The van der Waals surface area contributed by atoms with E-state index in [1.807, 2.05) is 19.1 Å². The first-order valence-corrected chi connectivity index (χ1v) is 6.23. The van der Waals surface area contributed by atoms with Gasteiger partial charge >= 0.3 is 0 Å². The summed E-state index contributed by atoms with van der Waals surface area (Å²) < 4.78 is 5.24. The Kier molecular flexibility index (Phi) is 2.98. The van der Waals surface area contributed by atoms with Crippen molar-refractivity contribution >= 4 is 16.9 Å². The van der Waals surface area contributed by atoms with Crippen molar-refractivity contribution in [2.75, 3.05) is 7.05 Å². The fraction of sp³-hybridized carbons (Fsp3) is 0.214. The molecule has 3 aromatic rings. The van der Waals surface area contributed by atoms with E-state index in [2.05, 4.69) is 15.2 Å². The standard InChI is InChI=1S/C14H14N4O2/c1-9-12-6-10(7-15-13(12)17-16-9)14(19)18(2)8-11-4-3-5-20-11/h3-7H,8H2,1-2H3,(H,15,16,17). The molecule has 3 rings (SSSR count). The van der Waals surface area contributed by atoms with Gasteiger partial charge in [0, 0.05) is 24.3 Å². The second-order valence-corrected chi connectivity index (χ2v) is 4.68. The summed E-state index contributed by atoms with van der Waals surface area (Å²) in [5.74, 6) is 0.644. The highest BCUT2D eigenvalue weighted by Crippen LogP contribution is 2.16. The van der Waals surface area contributed by atoms with Crippen LogP contribution in [-0.2, 0) is 6.54 Å². The number of pyridine rings is 1. The zero-order valence-electron chi connectivity index (χ0n) is 11.3. The predicted molar refractivity (Wildman–Crippen MR) is 73.1 cm³/mol. The highest BCUT2D eigenvalue weighted by molar-refractivity contribution is 5.97. The highest BCUT2D eigenvalue weighted by atomic mass is 16.3. The molecular weight excluding hydrogens is 256 g/mol. The van der Waals surface area contributed by atoms with Crippen LogP contribution in [0.5, 0.6) is 0 Å². The Morgan fingerprint density at radius 2 is 2.35 bits per heavy atom. The minimum Gasteiger partial charge on any atom is -0.467 e. The first kappa shape index (κ1) is 12.4. The summed E-state index contributed by atoms with van der Waals surface area (Å²) in [7, 11) is 1.73. The molecule has 1 amide bonds. The van der Waals surface area contributed by atoms with Gasteiger partial charge in [-0.25, -0.2) is 4.98 Å². The number of aromatic nitrogens is 3. The van der Waals surface area contributed by atoms with E-state index in [0.29, 0.717) is 17.8 Å². The molecule has 0 aliphatic carbocycles. The molecule has 3 heterocycles. The number of nitrogens with zero attached hydrogens (tertiary/aromatic N) is 3. The number of nitrogens with one attached hydrogen (secondary N) is 1. The molecular formula is C14H14N4O2. The van der Waals surface area contributed by atoms with Crippen LogP contribution in [0.4, 0.5) is 0 Å². The molecule has 0 fully saturated rings. The van der Waals surface area contributed by atoms with Crippen LogP contribution in [0.25, 0.3) is 11.0 Å². The van der Waals surface area contributed by atoms with Crippen molar-refractivity contribution in [2.24, 2.45) is 0 Å². The van der Waals surface area contributed by atoms with E-state index in [-0.39, 0.29) is 5.91 Å². The number of hydrogen-bond donors (Lipinski definition) is 1. The van der Waals surface area contributed by atoms with Crippen LogP contribution in [-0.4, -0.2) is 33.0 Å². The molecule has 6 heteroatoms. The van der Waals surface area contributed by atoms with Crippen LogP contribution in [0.15, 0.2) is 35.1 Å². The van der Waals surface area contributed by atoms with E-state index >= 15 is 0 Å². The average Bonchev–Trinajstić information content (AvgIpc) is 3.08. The number of rotatable bonds is 3. The number of carbonyl (C=O) groups is 1. The summed E-state index contributed by atoms with van der Waals surface area (Å²) in [6, 6.07) is 5.45. The van der Waals surface area contributed by atoms with Gasteiger partial charge in [0.15, 0.2) is 5.65 Å². The van der Waals surface area contributed by atoms with Crippen LogP contribution in [0, 0.1) is 6.92 Å². The molecule has 3 aromatic heterocycles. The van der Waals surface area contributed by atoms with Crippen LogP contribution < -0.4 is 0 Å². The topological polar surface area (TPSA) is 75.0 Å². The van der Waals surface area contributed by atoms with Crippen molar-refractivity contribution in [1.82, 2.24) is 20.1 Å². The van der Waals surface area contributed by atoms with Crippen LogP contribution in [0.2, 0.25) is 0 Å². The van der Waals surface area contributed by atoms with Gasteiger partial charge in [-0.2, -0.15) is 5.10 Å². The molecule has 0 aromatic carbocycles. The van der Waals surface area contributed by atoms with Gasteiger partial charge in [0.05, 0.1) is 18.4 Å². The monoisotopic (exact) mass is 270 g/mol. The van der Waals surface area contributed by atoms with Gasteiger partial charge in [-0.15, -0.1) is 0 Å². The first-order valence-electron chi connectivity index (χ1n) is 6.23. The molecule has 0 unspecified atom stereocenters. The normalized spacial score (nSPS) is 10.9. The third-order valence-electron chi connectivity index (χ3n) is 3.17. The van der Waals surface area contributed by atoms with Crippen molar-refractivity contribution in [2.45, 2.75) is 13.5 Å². The number of H-pyrrole nitrogens is 1. The van der Waals surface area contributed by atoms with Crippen molar-refractivity contribution in [3.63, 3.8) is 0 Å². The number of fused-ring (bicyclic) bond motifs is 1. The van der Waals surface area contributed by atoms with Gasteiger partial charge in [-0.1, -0.05) is 0 Å². The molecule has 0 bridgehead atoms. The number of aryl methyl sites for hydroxylation is 1. The summed E-state index contributed by atoms with van der Waals surface area (Å²) in [6.45, 7) is 2.33. The maximum Gasteiger partial charge on any atom is 0.255 e. The SMILES string of the molecule is Cc1[nH]nc2ncc(C(=O)N(C)Cc3ccco3)cc12. The Balaban J connectivity index is 1.85. The number of hydrogen-bond acceptors (Lipinski definition) is 4. The summed E-state index contributed by atoms with van der Waals surface area (Å²) in [6.07, 6.45) is 3.14. The fourth-order valence-corrected chi connectivity index (χ4v) is 2.07. The summed E-state index contributed by atoms with van der Waals surface area (Å²) in [5, 5.41) is 7.77. The maximum atomic E-state index is 12.4. The smallest absolute Gasteiger partial charge is 0.255 e. The molecule has 0 spiro atoms. The zero-order chi connectivity index (χ0) is 14.1. The number of aromatic amines is 1. The van der Waals surface area contributed by atoms with E-state index in [4.69, 9.17) is 4.42 Å². The molecule has 0 atom stereocenters. The zero-order valence-corrected chi connectivity index (χ0v) is 11.3. The molecule has 20 heavy (non-hydrogen) atoms. The van der Waals surface area contributed by atoms with Gasteiger partial charge in [-0.3, -0.25) is 9.89 Å². The Morgan fingerprint density at radius 3 is 3.10 bits per heavy atom. The number of amides is 1. The number of carbonyl (C=O) groups excluding carboxylic acids is 1. The molecule has 6 nitrogen and oxygen atoms in total. The molecule has 0 radical (unpaired) electrons. The van der Waals surface area contributed by atoms with Gasteiger partial charge in [-0.05, 0) is 25.1 Å². The highest BCUT2D eigenvalue weighted by Gasteiger charge is 2.15. The molecule has 0 saturated carbocycles. The molecule has 1 N–H and O–H groups in total. The van der Waals surface area contributed by atoms with E-state index in [0.717, 1.165) is 16.8 Å². The lowest BCUT2D eigenvalue weighted by Crippen LogP contribution is -2.26. The van der Waals surface area contributed by atoms with Gasteiger partial charge < -0.3 is 9.32 Å². The van der Waals surface area contributed by atoms with Gasteiger partial charge in [0.25, 0.3) is 5.91 Å². The van der Waals surface area contributed by atoms with E-state index < -0.39 is 0 Å². The van der Waals surface area contributed by atoms with Crippen LogP contribution in [0.3, 0.4) is 0 Å². The minimum atomic E-state index is -0.101. The third-order valence-corrected chi connectivity index (χ3v) is 3.17.